The van der Waals surface area contributed by atoms with Crippen molar-refractivity contribution in [2.45, 2.75) is 54.1 Å². The Balaban J connectivity index is 4.20. The summed E-state index contributed by atoms with van der Waals surface area (Å²) in [6, 6.07) is 0. The van der Waals surface area contributed by atoms with Gasteiger partial charge in [0.2, 0.25) is 0 Å². The van der Waals surface area contributed by atoms with E-state index in [0.29, 0.717) is 6.10 Å². The minimum atomic E-state index is 0.243. The molecule has 0 aliphatic rings. The van der Waals surface area contributed by atoms with Crippen LogP contribution in [0.3, 0.4) is 0 Å². The first-order chi connectivity index (χ1) is 6.90. The van der Waals surface area contributed by atoms with Crippen molar-refractivity contribution in [3.8, 4) is 0 Å². The maximum atomic E-state index is 5.52. The Labute approximate surface area is 95.2 Å². The topological polar surface area (TPSA) is 9.23 Å². The Bertz CT molecular complexity index is 221. The lowest BCUT2D eigenvalue weighted by Crippen LogP contribution is -2.13. The molecule has 0 N–H and O–H groups in total. The van der Waals surface area contributed by atoms with E-state index in [1.54, 1.807) is 0 Å². The molecule has 0 bridgehead atoms. The lowest BCUT2D eigenvalue weighted by atomic mass is 9.81. The van der Waals surface area contributed by atoms with E-state index in [0.717, 1.165) is 13.0 Å². The number of hydrogen-bond acceptors (Lipinski definition) is 1. The summed E-state index contributed by atoms with van der Waals surface area (Å²) in [4.78, 5) is 0. The summed E-state index contributed by atoms with van der Waals surface area (Å²) >= 11 is 0. The van der Waals surface area contributed by atoms with E-state index in [2.05, 4.69) is 59.8 Å². The highest BCUT2D eigenvalue weighted by atomic mass is 16.5. The van der Waals surface area contributed by atoms with E-state index in [9.17, 15) is 0 Å². The minimum absolute atomic E-state index is 0.243. The zero-order valence-corrected chi connectivity index (χ0v) is 11.1. The van der Waals surface area contributed by atoms with Crippen molar-refractivity contribution in [2.75, 3.05) is 6.61 Å². The van der Waals surface area contributed by atoms with Gasteiger partial charge >= 0.3 is 0 Å². The van der Waals surface area contributed by atoms with Crippen LogP contribution in [0.1, 0.15) is 48.0 Å². The Morgan fingerprint density at radius 2 is 1.93 bits per heavy atom. The number of ether oxygens (including phenoxy) is 1. The third-order valence-electron chi connectivity index (χ3n) is 2.75. The predicted molar refractivity (Wildman–Crippen MR) is 68.1 cm³/mol. The third-order valence-corrected chi connectivity index (χ3v) is 2.75. The normalized spacial score (nSPS) is 14.2. The fourth-order valence-corrected chi connectivity index (χ4v) is 1.22. The van der Waals surface area contributed by atoms with Crippen molar-refractivity contribution in [3.63, 3.8) is 0 Å². The average Bonchev–Trinajstić information content (AvgIpc) is 2.14. The van der Waals surface area contributed by atoms with Crippen LogP contribution in [-0.2, 0) is 4.74 Å². The van der Waals surface area contributed by atoms with Crippen LogP contribution in [0.2, 0.25) is 0 Å². The Morgan fingerprint density at radius 1 is 1.33 bits per heavy atom. The molecule has 0 atom stereocenters. The second-order valence-corrected chi connectivity index (χ2v) is 4.93. The van der Waals surface area contributed by atoms with Crippen LogP contribution < -0.4 is 0 Å². The van der Waals surface area contributed by atoms with Crippen LogP contribution in [-0.4, -0.2) is 12.7 Å². The molecule has 0 aromatic carbocycles. The van der Waals surface area contributed by atoms with Crippen LogP contribution in [0.5, 0.6) is 0 Å². The van der Waals surface area contributed by atoms with Crippen molar-refractivity contribution in [1.82, 2.24) is 0 Å². The molecule has 88 valence electrons. The summed E-state index contributed by atoms with van der Waals surface area (Å²) in [5.74, 6) is 0. The predicted octanol–water partition coefficient (Wildman–Crippen LogP) is 4.35. The summed E-state index contributed by atoms with van der Waals surface area (Å²) in [7, 11) is 0. The second-order valence-electron chi connectivity index (χ2n) is 4.93. The summed E-state index contributed by atoms with van der Waals surface area (Å²) in [5, 5.41) is 0. The zero-order chi connectivity index (χ0) is 11.9. The van der Waals surface area contributed by atoms with Gasteiger partial charge in [0, 0.05) is 0 Å². The maximum absolute atomic E-state index is 5.52. The van der Waals surface area contributed by atoms with Crippen LogP contribution in [0.25, 0.3) is 0 Å². The number of allylic oxidation sites excluding steroid dienone is 3. The van der Waals surface area contributed by atoms with Gasteiger partial charge in [0.25, 0.3) is 0 Å². The fourth-order valence-electron chi connectivity index (χ4n) is 1.22. The quantitative estimate of drug-likeness (QED) is 0.592. The maximum Gasteiger partial charge on any atom is 0.0653 e. The van der Waals surface area contributed by atoms with Crippen molar-refractivity contribution in [3.05, 3.63) is 23.8 Å². The fraction of sp³-hybridized carbons (Fsp3) is 0.714. The van der Waals surface area contributed by atoms with Gasteiger partial charge in [0.15, 0.2) is 0 Å². The third kappa shape index (κ3) is 6.51. The molecule has 0 rings (SSSR count). The molecule has 0 aliphatic carbocycles. The molecule has 0 fully saturated rings. The Morgan fingerprint density at radius 3 is 2.40 bits per heavy atom. The van der Waals surface area contributed by atoms with Gasteiger partial charge in [-0.15, -0.1) is 0 Å². The van der Waals surface area contributed by atoms with Gasteiger partial charge < -0.3 is 4.74 Å². The first-order valence-electron chi connectivity index (χ1n) is 5.80. The molecular weight excluding hydrogens is 184 g/mol. The first kappa shape index (κ1) is 14.4. The van der Waals surface area contributed by atoms with Crippen LogP contribution in [0.15, 0.2) is 23.8 Å². The molecule has 0 heterocycles. The van der Waals surface area contributed by atoms with Gasteiger partial charge in [-0.05, 0) is 39.5 Å². The molecule has 0 spiro atoms. The highest BCUT2D eigenvalue weighted by Crippen LogP contribution is 2.30. The molecule has 0 aromatic rings. The van der Waals surface area contributed by atoms with E-state index in [1.165, 1.54) is 5.57 Å². The Kier molecular flexibility index (Phi) is 6.58. The van der Waals surface area contributed by atoms with E-state index in [1.807, 2.05) is 0 Å². The lowest BCUT2D eigenvalue weighted by Gasteiger charge is -2.24. The molecule has 0 radical (unpaired) electrons. The highest BCUT2D eigenvalue weighted by molar-refractivity contribution is 5.11. The van der Waals surface area contributed by atoms with Crippen LogP contribution in [0, 0.1) is 5.41 Å². The molecule has 0 amide bonds. The molecule has 0 aliphatic heterocycles. The van der Waals surface area contributed by atoms with Gasteiger partial charge in [-0.25, -0.2) is 0 Å². The SMILES string of the molecule is C/C=C\CC(C)(C)/C(C)=C/COC(C)C. The van der Waals surface area contributed by atoms with Gasteiger partial charge in [-0.1, -0.05) is 37.6 Å². The van der Waals surface area contributed by atoms with E-state index in [4.69, 9.17) is 4.74 Å². The van der Waals surface area contributed by atoms with Gasteiger partial charge in [-0.3, -0.25) is 0 Å². The van der Waals surface area contributed by atoms with E-state index < -0.39 is 0 Å². The minimum Gasteiger partial charge on any atom is -0.375 e. The summed E-state index contributed by atoms with van der Waals surface area (Å²) < 4.78 is 5.52. The Hall–Kier alpha value is -0.560. The molecule has 0 unspecified atom stereocenters. The van der Waals surface area contributed by atoms with Crippen molar-refractivity contribution < 1.29 is 4.74 Å². The first-order valence-corrected chi connectivity index (χ1v) is 5.80. The molecule has 0 saturated heterocycles. The van der Waals surface area contributed by atoms with Gasteiger partial charge in [0.1, 0.15) is 0 Å². The molecular formula is C14H26O. The largest absolute Gasteiger partial charge is 0.375 e. The molecule has 1 heteroatoms. The van der Waals surface area contributed by atoms with Crippen molar-refractivity contribution in [2.24, 2.45) is 5.41 Å². The van der Waals surface area contributed by atoms with Crippen LogP contribution in [0.4, 0.5) is 0 Å². The number of hydrogen-bond donors (Lipinski definition) is 0. The number of rotatable bonds is 6. The highest BCUT2D eigenvalue weighted by Gasteiger charge is 2.17. The molecule has 15 heavy (non-hydrogen) atoms. The lowest BCUT2D eigenvalue weighted by molar-refractivity contribution is 0.102. The average molecular weight is 210 g/mol. The summed E-state index contributed by atoms with van der Waals surface area (Å²) in [5.41, 5.74) is 1.65. The standard InChI is InChI=1S/C14H26O/c1-7-8-10-14(5,6)13(4)9-11-15-12(2)3/h7-9,12H,10-11H2,1-6H3/b8-7-,13-9+. The second kappa shape index (κ2) is 6.84. The molecule has 1 nitrogen and oxygen atoms in total. The summed E-state index contributed by atoms with van der Waals surface area (Å²) in [6.45, 7) is 13.7. The smallest absolute Gasteiger partial charge is 0.0653 e. The monoisotopic (exact) mass is 210 g/mol. The summed E-state index contributed by atoms with van der Waals surface area (Å²) in [6.07, 6.45) is 7.94. The zero-order valence-electron chi connectivity index (χ0n) is 11.1. The van der Waals surface area contributed by atoms with Crippen LogP contribution >= 0.6 is 0 Å². The van der Waals surface area contributed by atoms with Gasteiger partial charge in [0.05, 0.1) is 12.7 Å². The van der Waals surface area contributed by atoms with Crippen molar-refractivity contribution >= 4 is 0 Å². The molecule has 0 saturated carbocycles. The van der Waals surface area contributed by atoms with E-state index >= 15 is 0 Å². The van der Waals surface area contributed by atoms with Gasteiger partial charge in [-0.2, -0.15) is 0 Å². The molecule has 0 aromatic heterocycles. The van der Waals surface area contributed by atoms with Crippen molar-refractivity contribution in [1.29, 1.82) is 0 Å². The van der Waals surface area contributed by atoms with E-state index in [-0.39, 0.29) is 5.41 Å².